The zero-order chi connectivity index (χ0) is 18.1. The Labute approximate surface area is 156 Å². The maximum Gasteiger partial charge on any atom is 0.222 e. The van der Waals surface area contributed by atoms with Crippen LogP contribution >= 0.6 is 0 Å². The maximum atomic E-state index is 12.6. The van der Waals surface area contributed by atoms with Crippen LogP contribution in [0.4, 0.5) is 0 Å². The quantitative estimate of drug-likeness (QED) is 0.821. The van der Waals surface area contributed by atoms with Gasteiger partial charge in [-0.15, -0.1) is 0 Å². The topological polar surface area (TPSA) is 52.6 Å². The van der Waals surface area contributed by atoms with Gasteiger partial charge in [-0.3, -0.25) is 14.6 Å². The molecule has 1 aromatic rings. The van der Waals surface area contributed by atoms with Crippen molar-refractivity contribution in [1.82, 2.24) is 24.7 Å². The molecular weight excluding hydrogens is 326 g/mol. The van der Waals surface area contributed by atoms with Crippen molar-refractivity contribution in [1.29, 1.82) is 0 Å². The number of amides is 1. The largest absolute Gasteiger partial charge is 0.342 e. The third-order valence-electron chi connectivity index (χ3n) is 6.50. The number of aromatic nitrogens is 2. The molecule has 1 spiro atoms. The van der Waals surface area contributed by atoms with Crippen LogP contribution in [0.5, 0.6) is 0 Å². The van der Waals surface area contributed by atoms with Gasteiger partial charge in [-0.05, 0) is 45.6 Å². The van der Waals surface area contributed by atoms with E-state index in [2.05, 4.69) is 31.7 Å². The highest BCUT2D eigenvalue weighted by molar-refractivity contribution is 5.76. The fraction of sp³-hybridized carbons (Fsp3) is 0.750. The van der Waals surface area contributed by atoms with Gasteiger partial charge in [0.1, 0.15) is 5.82 Å². The Morgan fingerprint density at radius 2 is 1.92 bits per heavy atom. The van der Waals surface area contributed by atoms with Gasteiger partial charge in [-0.1, -0.05) is 0 Å². The van der Waals surface area contributed by atoms with Gasteiger partial charge in [0.05, 0.1) is 0 Å². The Balaban J connectivity index is 1.43. The molecule has 3 fully saturated rings. The second kappa shape index (κ2) is 7.24. The maximum absolute atomic E-state index is 12.6. The standard InChI is InChI=1S/C20H31N5O/c1-16-21-11-18(12-22-16)13-24-10-9-23(2)20(15-24)6-5-19(26)25(8-7-20)14-17-3-4-17/h11-12,17H,3-10,13-15H2,1-2H3/t20-/m1/s1. The van der Waals surface area contributed by atoms with Gasteiger partial charge in [-0.25, -0.2) is 9.97 Å². The summed E-state index contributed by atoms with van der Waals surface area (Å²) < 4.78 is 0. The van der Waals surface area contributed by atoms with E-state index in [9.17, 15) is 4.79 Å². The molecule has 1 aromatic heterocycles. The van der Waals surface area contributed by atoms with Crippen molar-refractivity contribution in [2.45, 2.75) is 51.1 Å². The van der Waals surface area contributed by atoms with Crippen molar-refractivity contribution in [3.05, 3.63) is 23.8 Å². The second-order valence-corrected chi connectivity index (χ2v) is 8.53. The number of carbonyl (C=O) groups excluding carboxylic acids is 1. The van der Waals surface area contributed by atoms with Crippen LogP contribution in [0, 0.1) is 12.8 Å². The normalized spacial score (nSPS) is 28.5. The number of piperazine rings is 1. The van der Waals surface area contributed by atoms with Crippen LogP contribution in [0.25, 0.3) is 0 Å². The van der Waals surface area contributed by atoms with Gasteiger partial charge in [0, 0.05) is 69.2 Å². The minimum atomic E-state index is 0.123. The Hall–Kier alpha value is -1.53. The predicted octanol–water partition coefficient (Wildman–Crippen LogP) is 1.69. The minimum Gasteiger partial charge on any atom is -0.342 e. The number of rotatable bonds is 4. The molecule has 6 heteroatoms. The van der Waals surface area contributed by atoms with Crippen LogP contribution in [0.2, 0.25) is 0 Å². The van der Waals surface area contributed by atoms with Gasteiger partial charge in [0.2, 0.25) is 5.91 Å². The molecule has 1 aliphatic carbocycles. The first kappa shape index (κ1) is 17.9. The van der Waals surface area contributed by atoms with Crippen LogP contribution in [0.3, 0.4) is 0 Å². The van der Waals surface area contributed by atoms with E-state index >= 15 is 0 Å². The lowest BCUT2D eigenvalue weighted by Gasteiger charge is -2.49. The summed E-state index contributed by atoms with van der Waals surface area (Å²) >= 11 is 0. The lowest BCUT2D eigenvalue weighted by molar-refractivity contribution is -0.131. The van der Waals surface area contributed by atoms with E-state index in [0.29, 0.717) is 12.3 Å². The predicted molar refractivity (Wildman–Crippen MR) is 101 cm³/mol. The fourth-order valence-corrected chi connectivity index (χ4v) is 4.47. The lowest BCUT2D eigenvalue weighted by atomic mass is 9.86. The Morgan fingerprint density at radius 1 is 1.15 bits per heavy atom. The van der Waals surface area contributed by atoms with E-state index in [4.69, 9.17) is 0 Å². The summed E-state index contributed by atoms with van der Waals surface area (Å²) in [5.41, 5.74) is 1.30. The van der Waals surface area contributed by atoms with Gasteiger partial charge in [0.25, 0.3) is 0 Å². The van der Waals surface area contributed by atoms with Crippen LogP contribution in [0.1, 0.15) is 43.5 Å². The number of hydrogen-bond acceptors (Lipinski definition) is 5. The Kier molecular flexibility index (Phi) is 4.97. The first-order chi connectivity index (χ1) is 12.5. The number of aryl methyl sites for hydroxylation is 1. The number of hydrogen-bond donors (Lipinski definition) is 0. The summed E-state index contributed by atoms with van der Waals surface area (Å²) in [4.78, 5) is 28.4. The molecule has 3 aliphatic rings. The molecule has 0 bridgehead atoms. The summed E-state index contributed by atoms with van der Waals surface area (Å²) in [5, 5.41) is 0. The van der Waals surface area contributed by atoms with Crippen molar-refractivity contribution in [2.24, 2.45) is 5.92 Å². The molecule has 1 atom stereocenters. The summed E-state index contributed by atoms with van der Waals surface area (Å²) in [6, 6.07) is 0. The van der Waals surface area contributed by atoms with E-state index in [-0.39, 0.29) is 5.54 Å². The van der Waals surface area contributed by atoms with Gasteiger partial charge >= 0.3 is 0 Å². The van der Waals surface area contributed by atoms with Gasteiger partial charge in [-0.2, -0.15) is 0 Å². The second-order valence-electron chi connectivity index (χ2n) is 8.53. The molecule has 3 heterocycles. The van der Waals surface area contributed by atoms with Crippen LogP contribution in [0.15, 0.2) is 12.4 Å². The molecule has 0 radical (unpaired) electrons. The summed E-state index contributed by atoms with van der Waals surface area (Å²) in [5.74, 6) is 1.96. The van der Waals surface area contributed by atoms with Crippen molar-refractivity contribution in [3.8, 4) is 0 Å². The molecule has 2 saturated heterocycles. The number of likely N-dealkylation sites (N-methyl/N-ethyl adjacent to an activating group) is 1. The summed E-state index contributed by atoms with van der Waals surface area (Å²) in [6.07, 6.45) is 9.26. The smallest absolute Gasteiger partial charge is 0.222 e. The van der Waals surface area contributed by atoms with Crippen molar-refractivity contribution < 1.29 is 4.79 Å². The Morgan fingerprint density at radius 3 is 2.65 bits per heavy atom. The van der Waals surface area contributed by atoms with Crippen molar-refractivity contribution in [3.63, 3.8) is 0 Å². The number of nitrogens with zero attached hydrogens (tertiary/aromatic N) is 5. The van der Waals surface area contributed by atoms with Crippen LogP contribution in [-0.4, -0.2) is 75.9 Å². The summed E-state index contributed by atoms with van der Waals surface area (Å²) in [6.45, 7) is 7.88. The van der Waals surface area contributed by atoms with E-state index in [1.165, 1.54) is 18.4 Å². The minimum absolute atomic E-state index is 0.123. The van der Waals surface area contributed by atoms with E-state index < -0.39 is 0 Å². The molecule has 0 N–H and O–H groups in total. The highest BCUT2D eigenvalue weighted by Crippen LogP contribution is 2.35. The van der Waals surface area contributed by atoms with Crippen molar-refractivity contribution >= 4 is 5.91 Å². The highest BCUT2D eigenvalue weighted by atomic mass is 16.2. The molecule has 2 aliphatic heterocycles. The van der Waals surface area contributed by atoms with E-state index in [1.807, 2.05) is 19.3 Å². The Bertz CT molecular complexity index is 644. The third kappa shape index (κ3) is 3.91. The van der Waals surface area contributed by atoms with Crippen LogP contribution < -0.4 is 0 Å². The average Bonchev–Trinajstić information content (AvgIpc) is 3.46. The molecule has 4 rings (SSSR count). The third-order valence-corrected chi connectivity index (χ3v) is 6.50. The van der Waals surface area contributed by atoms with Crippen LogP contribution in [-0.2, 0) is 11.3 Å². The average molecular weight is 358 g/mol. The van der Waals surface area contributed by atoms with Gasteiger partial charge in [0.15, 0.2) is 0 Å². The first-order valence-electron chi connectivity index (χ1n) is 10.0. The zero-order valence-corrected chi connectivity index (χ0v) is 16.2. The molecule has 142 valence electrons. The molecule has 26 heavy (non-hydrogen) atoms. The van der Waals surface area contributed by atoms with Crippen molar-refractivity contribution in [2.75, 3.05) is 39.8 Å². The number of carbonyl (C=O) groups is 1. The molecule has 1 amide bonds. The van der Waals surface area contributed by atoms with E-state index in [0.717, 1.165) is 63.9 Å². The zero-order valence-electron chi connectivity index (χ0n) is 16.2. The molecule has 1 saturated carbocycles. The molecule has 0 aromatic carbocycles. The highest BCUT2D eigenvalue weighted by Gasteiger charge is 2.42. The molecule has 6 nitrogen and oxygen atoms in total. The monoisotopic (exact) mass is 357 g/mol. The lowest BCUT2D eigenvalue weighted by Crippen LogP contribution is -2.60. The number of likely N-dealkylation sites (tertiary alicyclic amines) is 1. The van der Waals surface area contributed by atoms with Gasteiger partial charge < -0.3 is 4.90 Å². The summed E-state index contributed by atoms with van der Waals surface area (Å²) in [7, 11) is 2.24. The SMILES string of the molecule is Cc1ncc(CN2CCN(C)[C@@]3(CCC(=O)N(CC4CC4)CC3)C2)cn1. The molecular formula is C20H31N5O. The van der Waals surface area contributed by atoms with E-state index in [1.54, 1.807) is 0 Å². The fourth-order valence-electron chi connectivity index (χ4n) is 4.47. The first-order valence-corrected chi connectivity index (χ1v) is 10.0. The molecule has 0 unspecified atom stereocenters.